The normalized spacial score (nSPS) is 10.6. The van der Waals surface area contributed by atoms with Crippen molar-refractivity contribution in [1.82, 2.24) is 4.90 Å². The van der Waals surface area contributed by atoms with Crippen LogP contribution in [0.25, 0.3) is 0 Å². The summed E-state index contributed by atoms with van der Waals surface area (Å²) >= 11 is 0. The predicted molar refractivity (Wildman–Crippen MR) is 58.2 cm³/mol. The molecule has 0 saturated carbocycles. The molecule has 0 radical (unpaired) electrons. The van der Waals surface area contributed by atoms with Gasteiger partial charge in [0.2, 0.25) is 0 Å². The van der Waals surface area contributed by atoms with E-state index in [1.807, 2.05) is 24.1 Å². The average Bonchev–Trinajstić information content (AvgIpc) is 2.07. The SMILES string of the molecule is CC(=O)CN(C)Cc1ccccc1C. The molecule has 0 N–H and O–H groups in total. The van der Waals surface area contributed by atoms with Crippen LogP contribution in [0.2, 0.25) is 0 Å². The van der Waals surface area contributed by atoms with E-state index >= 15 is 0 Å². The molecule has 0 spiro atoms. The highest BCUT2D eigenvalue weighted by atomic mass is 16.1. The second kappa shape index (κ2) is 4.91. The van der Waals surface area contributed by atoms with Crippen molar-refractivity contribution in [2.24, 2.45) is 0 Å². The molecule has 0 amide bonds. The number of aryl methyl sites for hydroxylation is 1. The molecular formula is C12H17NO. The molecule has 0 aliphatic rings. The third-order valence-electron chi connectivity index (χ3n) is 2.19. The zero-order valence-corrected chi connectivity index (χ0v) is 9.08. The summed E-state index contributed by atoms with van der Waals surface area (Å²) in [5.74, 6) is 0.209. The molecule has 2 heteroatoms. The van der Waals surface area contributed by atoms with Gasteiger partial charge in [-0.1, -0.05) is 24.3 Å². The maximum absolute atomic E-state index is 10.9. The molecule has 0 saturated heterocycles. The highest BCUT2D eigenvalue weighted by Crippen LogP contribution is 2.08. The van der Waals surface area contributed by atoms with Crippen LogP contribution in [-0.4, -0.2) is 24.3 Å². The molecule has 0 aromatic heterocycles. The molecule has 0 fully saturated rings. The minimum atomic E-state index is 0.209. The first-order chi connectivity index (χ1) is 6.59. The van der Waals surface area contributed by atoms with Gasteiger partial charge < -0.3 is 0 Å². The summed E-state index contributed by atoms with van der Waals surface area (Å²) in [6.07, 6.45) is 0. The van der Waals surface area contributed by atoms with Gasteiger partial charge in [0.05, 0.1) is 6.54 Å². The van der Waals surface area contributed by atoms with Crippen LogP contribution in [0.1, 0.15) is 18.1 Å². The van der Waals surface area contributed by atoms with E-state index in [-0.39, 0.29) is 5.78 Å². The number of likely N-dealkylation sites (N-methyl/N-ethyl adjacent to an activating group) is 1. The Morgan fingerprint density at radius 1 is 1.36 bits per heavy atom. The van der Waals surface area contributed by atoms with Crippen LogP contribution in [0.3, 0.4) is 0 Å². The number of carbonyl (C=O) groups excluding carboxylic acids is 1. The molecule has 0 bridgehead atoms. The van der Waals surface area contributed by atoms with Crippen molar-refractivity contribution in [2.45, 2.75) is 20.4 Å². The van der Waals surface area contributed by atoms with Crippen LogP contribution >= 0.6 is 0 Å². The van der Waals surface area contributed by atoms with Gasteiger partial charge in [0.1, 0.15) is 5.78 Å². The van der Waals surface area contributed by atoms with E-state index in [0.717, 1.165) is 6.54 Å². The molecular weight excluding hydrogens is 174 g/mol. The van der Waals surface area contributed by atoms with Gasteiger partial charge in [-0.25, -0.2) is 0 Å². The topological polar surface area (TPSA) is 20.3 Å². The Morgan fingerprint density at radius 2 is 2.00 bits per heavy atom. The summed E-state index contributed by atoms with van der Waals surface area (Å²) in [7, 11) is 1.97. The monoisotopic (exact) mass is 191 g/mol. The third kappa shape index (κ3) is 3.30. The van der Waals surface area contributed by atoms with Gasteiger partial charge in [-0.3, -0.25) is 9.69 Å². The van der Waals surface area contributed by atoms with E-state index in [1.54, 1.807) is 6.92 Å². The van der Waals surface area contributed by atoms with E-state index in [0.29, 0.717) is 6.54 Å². The largest absolute Gasteiger partial charge is 0.299 e. The number of benzene rings is 1. The number of hydrogen-bond donors (Lipinski definition) is 0. The van der Waals surface area contributed by atoms with Crippen LogP contribution in [-0.2, 0) is 11.3 Å². The van der Waals surface area contributed by atoms with Crippen molar-refractivity contribution >= 4 is 5.78 Å². The summed E-state index contributed by atoms with van der Waals surface area (Å²) < 4.78 is 0. The highest BCUT2D eigenvalue weighted by Gasteiger charge is 2.04. The molecule has 0 aliphatic carbocycles. The lowest BCUT2D eigenvalue weighted by molar-refractivity contribution is -0.117. The van der Waals surface area contributed by atoms with E-state index in [2.05, 4.69) is 19.1 Å². The van der Waals surface area contributed by atoms with Gasteiger partial charge in [0.25, 0.3) is 0 Å². The number of ketones is 1. The van der Waals surface area contributed by atoms with Crippen LogP contribution < -0.4 is 0 Å². The van der Waals surface area contributed by atoms with E-state index < -0.39 is 0 Å². The fourth-order valence-corrected chi connectivity index (χ4v) is 1.51. The summed E-state index contributed by atoms with van der Waals surface area (Å²) in [6, 6.07) is 8.26. The Hall–Kier alpha value is -1.15. The summed E-state index contributed by atoms with van der Waals surface area (Å²) in [6.45, 7) is 5.08. The summed E-state index contributed by atoms with van der Waals surface area (Å²) in [5, 5.41) is 0. The van der Waals surface area contributed by atoms with Gasteiger partial charge in [0, 0.05) is 6.54 Å². The Balaban J connectivity index is 2.60. The quantitative estimate of drug-likeness (QED) is 0.725. The molecule has 0 heterocycles. The van der Waals surface area contributed by atoms with Crippen molar-refractivity contribution in [1.29, 1.82) is 0 Å². The maximum atomic E-state index is 10.9. The Labute approximate surface area is 85.5 Å². The second-order valence-electron chi connectivity index (χ2n) is 3.80. The number of Topliss-reactive ketones (excluding diaryl/α,β-unsaturated/α-hetero) is 1. The maximum Gasteiger partial charge on any atom is 0.143 e. The van der Waals surface area contributed by atoms with Crippen LogP contribution in [0, 0.1) is 6.92 Å². The molecule has 0 unspecified atom stereocenters. The van der Waals surface area contributed by atoms with Crippen molar-refractivity contribution in [3.63, 3.8) is 0 Å². The van der Waals surface area contributed by atoms with Crippen molar-refractivity contribution < 1.29 is 4.79 Å². The highest BCUT2D eigenvalue weighted by molar-refractivity contribution is 5.77. The van der Waals surface area contributed by atoms with Gasteiger partial charge >= 0.3 is 0 Å². The van der Waals surface area contributed by atoms with Gasteiger partial charge in [-0.15, -0.1) is 0 Å². The van der Waals surface area contributed by atoms with Gasteiger partial charge in [-0.2, -0.15) is 0 Å². The van der Waals surface area contributed by atoms with Crippen LogP contribution in [0.4, 0.5) is 0 Å². The molecule has 14 heavy (non-hydrogen) atoms. The number of carbonyl (C=O) groups is 1. The summed E-state index contributed by atoms with van der Waals surface area (Å²) in [4.78, 5) is 12.9. The van der Waals surface area contributed by atoms with E-state index in [1.165, 1.54) is 11.1 Å². The molecule has 1 aromatic carbocycles. The lowest BCUT2D eigenvalue weighted by atomic mass is 10.1. The Morgan fingerprint density at radius 3 is 2.57 bits per heavy atom. The van der Waals surface area contributed by atoms with Crippen LogP contribution in [0.5, 0.6) is 0 Å². The average molecular weight is 191 g/mol. The lowest BCUT2D eigenvalue weighted by Crippen LogP contribution is -2.24. The first-order valence-corrected chi connectivity index (χ1v) is 4.82. The minimum Gasteiger partial charge on any atom is -0.299 e. The predicted octanol–water partition coefficient (Wildman–Crippen LogP) is 2.02. The van der Waals surface area contributed by atoms with Crippen molar-refractivity contribution in [3.8, 4) is 0 Å². The molecule has 0 atom stereocenters. The zero-order valence-electron chi connectivity index (χ0n) is 9.08. The lowest BCUT2D eigenvalue weighted by Gasteiger charge is -2.16. The van der Waals surface area contributed by atoms with Crippen molar-refractivity contribution in [2.75, 3.05) is 13.6 Å². The molecule has 76 valence electrons. The van der Waals surface area contributed by atoms with E-state index in [4.69, 9.17) is 0 Å². The number of nitrogens with zero attached hydrogens (tertiary/aromatic N) is 1. The fourth-order valence-electron chi connectivity index (χ4n) is 1.51. The van der Waals surface area contributed by atoms with Crippen molar-refractivity contribution in [3.05, 3.63) is 35.4 Å². The van der Waals surface area contributed by atoms with Gasteiger partial charge in [-0.05, 0) is 32.0 Å². The first kappa shape index (κ1) is 10.9. The molecule has 1 aromatic rings. The number of hydrogen-bond acceptors (Lipinski definition) is 2. The molecule has 1 rings (SSSR count). The molecule has 0 aliphatic heterocycles. The standard InChI is InChI=1S/C12H17NO/c1-10-6-4-5-7-12(10)9-13(3)8-11(2)14/h4-7H,8-9H2,1-3H3. The summed E-state index contributed by atoms with van der Waals surface area (Å²) in [5.41, 5.74) is 2.57. The number of rotatable bonds is 4. The van der Waals surface area contributed by atoms with Crippen LogP contribution in [0.15, 0.2) is 24.3 Å². The smallest absolute Gasteiger partial charge is 0.143 e. The van der Waals surface area contributed by atoms with Gasteiger partial charge in [0.15, 0.2) is 0 Å². The zero-order chi connectivity index (χ0) is 10.6. The second-order valence-corrected chi connectivity index (χ2v) is 3.80. The van der Waals surface area contributed by atoms with E-state index in [9.17, 15) is 4.79 Å². The third-order valence-corrected chi connectivity index (χ3v) is 2.19. The Bertz CT molecular complexity index is 320. The first-order valence-electron chi connectivity index (χ1n) is 4.82. The molecule has 2 nitrogen and oxygen atoms in total. The Kier molecular flexibility index (Phi) is 3.84. The minimum absolute atomic E-state index is 0.209. The fraction of sp³-hybridized carbons (Fsp3) is 0.417.